The van der Waals surface area contributed by atoms with Crippen molar-refractivity contribution in [3.05, 3.63) is 29.8 Å². The van der Waals surface area contributed by atoms with Crippen LogP contribution in [-0.4, -0.2) is 53.4 Å². The van der Waals surface area contributed by atoms with Gasteiger partial charge in [0.15, 0.2) is 0 Å². The van der Waals surface area contributed by atoms with Crippen molar-refractivity contribution in [2.24, 2.45) is 5.92 Å². The van der Waals surface area contributed by atoms with Crippen LogP contribution in [0.1, 0.15) is 68.1 Å². The van der Waals surface area contributed by atoms with Gasteiger partial charge in [0, 0.05) is 43.5 Å². The van der Waals surface area contributed by atoms with Crippen molar-refractivity contribution in [1.82, 2.24) is 9.80 Å². The predicted octanol–water partition coefficient (Wildman–Crippen LogP) is 3.87. The third-order valence-corrected chi connectivity index (χ3v) is 6.62. The molecule has 0 atom stereocenters. The minimum absolute atomic E-state index is 0.0123. The number of ether oxygens (including phenoxy) is 1. The van der Waals surface area contributed by atoms with Crippen LogP contribution in [-0.2, 0) is 4.79 Å². The van der Waals surface area contributed by atoms with E-state index in [2.05, 4.69) is 5.92 Å². The number of rotatable bonds is 6. The van der Waals surface area contributed by atoms with Gasteiger partial charge in [-0.1, -0.05) is 25.2 Å². The van der Waals surface area contributed by atoms with Crippen LogP contribution < -0.4 is 4.74 Å². The summed E-state index contributed by atoms with van der Waals surface area (Å²) in [6.07, 6.45) is 15.1. The number of piperidine rings is 1. The number of nitrogens with zero attached hydrogens (tertiary/aromatic N) is 2. The summed E-state index contributed by atoms with van der Waals surface area (Å²) in [4.78, 5) is 29.1. The van der Waals surface area contributed by atoms with E-state index in [0.717, 1.165) is 70.2 Å². The summed E-state index contributed by atoms with van der Waals surface area (Å²) >= 11 is 0. The Morgan fingerprint density at radius 2 is 1.67 bits per heavy atom. The second kappa shape index (κ2) is 9.55. The van der Waals surface area contributed by atoms with E-state index in [1.54, 1.807) is 0 Å². The van der Waals surface area contributed by atoms with Crippen LogP contribution in [0, 0.1) is 18.3 Å². The summed E-state index contributed by atoms with van der Waals surface area (Å²) in [5, 5.41) is 0. The average Bonchev–Trinajstić information content (AvgIpc) is 3.64. The lowest BCUT2D eigenvalue weighted by atomic mass is 9.93. The summed E-state index contributed by atoms with van der Waals surface area (Å²) in [6, 6.07) is 7.70. The quantitative estimate of drug-likeness (QED) is 0.672. The number of carbonyl (C=O) groups is 2. The Morgan fingerprint density at radius 1 is 1.00 bits per heavy atom. The minimum Gasteiger partial charge on any atom is -0.490 e. The van der Waals surface area contributed by atoms with Gasteiger partial charge in [0.2, 0.25) is 5.91 Å². The van der Waals surface area contributed by atoms with E-state index in [4.69, 9.17) is 11.2 Å². The highest BCUT2D eigenvalue weighted by atomic mass is 16.5. The zero-order chi connectivity index (χ0) is 20.9. The molecule has 30 heavy (non-hydrogen) atoms. The van der Waals surface area contributed by atoms with Gasteiger partial charge in [0.25, 0.3) is 5.91 Å². The summed E-state index contributed by atoms with van der Waals surface area (Å²) < 4.78 is 6.12. The second-order valence-corrected chi connectivity index (χ2v) is 8.87. The molecule has 0 spiro atoms. The molecule has 0 radical (unpaired) electrons. The molecule has 3 aliphatic rings. The fraction of sp³-hybridized carbons (Fsp3) is 0.600. The fourth-order valence-corrected chi connectivity index (χ4v) is 4.67. The molecule has 1 saturated heterocycles. The molecular weight excluding hydrogens is 376 g/mol. The lowest BCUT2D eigenvalue weighted by Crippen LogP contribution is -2.42. The zero-order valence-electron chi connectivity index (χ0n) is 17.7. The summed E-state index contributed by atoms with van der Waals surface area (Å²) in [7, 11) is 0. The van der Waals surface area contributed by atoms with Gasteiger partial charge in [-0.3, -0.25) is 9.59 Å². The average molecular weight is 409 g/mol. The van der Waals surface area contributed by atoms with Crippen molar-refractivity contribution in [3.8, 4) is 18.1 Å². The summed E-state index contributed by atoms with van der Waals surface area (Å²) in [5.74, 6) is 4.06. The number of benzene rings is 1. The van der Waals surface area contributed by atoms with Gasteiger partial charge in [0.1, 0.15) is 11.9 Å². The van der Waals surface area contributed by atoms with Gasteiger partial charge in [-0.2, -0.15) is 0 Å². The zero-order valence-corrected chi connectivity index (χ0v) is 17.7. The maximum absolute atomic E-state index is 13.0. The Bertz CT molecular complexity index is 780. The number of hydrogen-bond donors (Lipinski definition) is 0. The highest BCUT2D eigenvalue weighted by molar-refractivity contribution is 5.94. The molecule has 5 heteroatoms. The Morgan fingerprint density at radius 3 is 2.27 bits per heavy atom. The van der Waals surface area contributed by atoms with Gasteiger partial charge in [-0.25, -0.2) is 0 Å². The number of terminal acetylenes is 1. The molecule has 4 rings (SSSR count). The van der Waals surface area contributed by atoms with Crippen LogP contribution in [0.3, 0.4) is 0 Å². The lowest BCUT2D eigenvalue weighted by Gasteiger charge is -2.33. The molecule has 2 saturated carbocycles. The smallest absolute Gasteiger partial charge is 0.254 e. The van der Waals surface area contributed by atoms with Crippen molar-refractivity contribution in [2.45, 2.75) is 69.9 Å². The standard InChI is InChI=1S/C25H32N2O3/c1-2-16-27(21-6-4-3-5-7-21)25(29)20-10-12-22(13-11-20)30-23-14-17-26(18-15-23)24(28)19-8-9-19/h1,10-13,19,21,23H,3-9,14-18H2. The third kappa shape index (κ3) is 4.98. The maximum Gasteiger partial charge on any atom is 0.254 e. The first-order chi connectivity index (χ1) is 14.7. The van der Waals surface area contributed by atoms with Crippen LogP contribution in [0.5, 0.6) is 5.75 Å². The van der Waals surface area contributed by atoms with E-state index in [0.29, 0.717) is 18.0 Å². The first-order valence-corrected chi connectivity index (χ1v) is 11.5. The van der Waals surface area contributed by atoms with Crippen LogP contribution >= 0.6 is 0 Å². The normalized spacial score (nSPS) is 20.4. The highest BCUT2D eigenvalue weighted by Gasteiger charge is 2.35. The Labute approximate surface area is 179 Å². The first-order valence-electron chi connectivity index (χ1n) is 11.5. The van der Waals surface area contributed by atoms with E-state index >= 15 is 0 Å². The molecule has 1 aromatic rings. The lowest BCUT2D eigenvalue weighted by molar-refractivity contribution is -0.134. The van der Waals surface area contributed by atoms with Crippen molar-refractivity contribution >= 4 is 11.8 Å². The number of likely N-dealkylation sites (tertiary alicyclic amines) is 1. The molecule has 0 N–H and O–H groups in total. The first kappa shape index (κ1) is 20.8. The molecule has 3 fully saturated rings. The topological polar surface area (TPSA) is 49.9 Å². The van der Waals surface area contributed by atoms with Gasteiger partial charge in [-0.15, -0.1) is 6.42 Å². The van der Waals surface area contributed by atoms with Gasteiger partial charge >= 0.3 is 0 Å². The van der Waals surface area contributed by atoms with E-state index in [-0.39, 0.29) is 24.0 Å². The monoisotopic (exact) mass is 408 g/mol. The van der Waals surface area contributed by atoms with Crippen LogP contribution in [0.4, 0.5) is 0 Å². The van der Waals surface area contributed by atoms with E-state index in [1.807, 2.05) is 34.1 Å². The maximum atomic E-state index is 13.0. The van der Waals surface area contributed by atoms with Crippen molar-refractivity contribution < 1.29 is 14.3 Å². The second-order valence-electron chi connectivity index (χ2n) is 8.87. The predicted molar refractivity (Wildman–Crippen MR) is 116 cm³/mol. The van der Waals surface area contributed by atoms with Crippen LogP contribution in [0.2, 0.25) is 0 Å². The number of hydrogen-bond acceptors (Lipinski definition) is 3. The molecule has 0 aromatic heterocycles. The van der Waals surface area contributed by atoms with Crippen LogP contribution in [0.25, 0.3) is 0 Å². The van der Waals surface area contributed by atoms with Gasteiger partial charge in [0.05, 0.1) is 6.54 Å². The fourth-order valence-electron chi connectivity index (χ4n) is 4.67. The summed E-state index contributed by atoms with van der Waals surface area (Å²) in [5.41, 5.74) is 0.660. The van der Waals surface area contributed by atoms with Gasteiger partial charge < -0.3 is 14.5 Å². The molecule has 2 amide bonds. The molecule has 0 unspecified atom stereocenters. The Kier molecular flexibility index (Phi) is 6.62. The molecule has 1 heterocycles. The number of amides is 2. The minimum atomic E-state index is 0.0123. The molecule has 1 aromatic carbocycles. The Balaban J connectivity index is 1.31. The largest absolute Gasteiger partial charge is 0.490 e. The molecule has 5 nitrogen and oxygen atoms in total. The Hall–Kier alpha value is -2.48. The van der Waals surface area contributed by atoms with Gasteiger partial charge in [-0.05, 0) is 49.9 Å². The molecule has 2 aliphatic carbocycles. The third-order valence-electron chi connectivity index (χ3n) is 6.62. The highest BCUT2D eigenvalue weighted by Crippen LogP contribution is 2.32. The molecule has 1 aliphatic heterocycles. The van der Waals surface area contributed by atoms with Crippen molar-refractivity contribution in [2.75, 3.05) is 19.6 Å². The molecule has 160 valence electrons. The molecular formula is C25H32N2O3. The molecule has 0 bridgehead atoms. The number of carbonyl (C=O) groups excluding carboxylic acids is 2. The van der Waals surface area contributed by atoms with Crippen LogP contribution in [0.15, 0.2) is 24.3 Å². The van der Waals surface area contributed by atoms with E-state index in [1.165, 1.54) is 6.42 Å². The summed E-state index contributed by atoms with van der Waals surface area (Å²) in [6.45, 7) is 1.91. The van der Waals surface area contributed by atoms with E-state index < -0.39 is 0 Å². The SMILES string of the molecule is C#CCN(C(=O)c1ccc(OC2CCN(C(=O)C3CC3)CC2)cc1)C1CCCCC1. The van der Waals surface area contributed by atoms with Crippen molar-refractivity contribution in [1.29, 1.82) is 0 Å². The van der Waals surface area contributed by atoms with E-state index in [9.17, 15) is 9.59 Å². The van der Waals surface area contributed by atoms with Crippen molar-refractivity contribution in [3.63, 3.8) is 0 Å².